The van der Waals surface area contributed by atoms with Gasteiger partial charge in [0.15, 0.2) is 5.75 Å². The summed E-state index contributed by atoms with van der Waals surface area (Å²) >= 11 is 0. The topological polar surface area (TPSA) is 59.8 Å². The van der Waals surface area contributed by atoms with E-state index < -0.39 is 6.10 Å². The average Bonchev–Trinajstić information content (AvgIpc) is 2.79. The maximum atomic E-state index is 10.4. The average molecular weight is 255 g/mol. The van der Waals surface area contributed by atoms with Crippen molar-refractivity contribution in [1.29, 1.82) is 0 Å². The summed E-state index contributed by atoms with van der Waals surface area (Å²) < 4.78 is 12.5. The Bertz CT molecular complexity index is 394. The molecule has 1 saturated heterocycles. The lowest BCUT2D eigenvalue weighted by molar-refractivity contribution is -0.0914. The maximum Gasteiger partial charge on any atom is 0.162 e. The van der Waals surface area contributed by atoms with Gasteiger partial charge in [-0.05, 0) is 6.54 Å². The highest BCUT2D eigenvalue weighted by molar-refractivity contribution is 5.28. The summed E-state index contributed by atoms with van der Waals surface area (Å²) in [6, 6.07) is 0. The van der Waals surface area contributed by atoms with Crippen molar-refractivity contribution in [3.8, 4) is 5.75 Å². The zero-order chi connectivity index (χ0) is 13.1. The molecule has 6 nitrogen and oxygen atoms in total. The first-order valence-electron chi connectivity index (χ1n) is 6.25. The van der Waals surface area contributed by atoms with Gasteiger partial charge in [-0.25, -0.2) is 0 Å². The van der Waals surface area contributed by atoms with Crippen molar-refractivity contribution in [3.63, 3.8) is 0 Å². The molecule has 6 heteroatoms. The number of rotatable bonds is 4. The van der Waals surface area contributed by atoms with Crippen LogP contribution in [0.1, 0.15) is 18.7 Å². The van der Waals surface area contributed by atoms with Gasteiger partial charge in [-0.3, -0.25) is 9.58 Å². The van der Waals surface area contributed by atoms with Gasteiger partial charge in [0, 0.05) is 20.1 Å². The minimum absolute atomic E-state index is 0.233. The van der Waals surface area contributed by atoms with E-state index >= 15 is 0 Å². The van der Waals surface area contributed by atoms with E-state index in [2.05, 4.69) is 16.9 Å². The highest BCUT2D eigenvalue weighted by atomic mass is 16.5. The summed E-state index contributed by atoms with van der Waals surface area (Å²) in [5.41, 5.74) is 0.667. The van der Waals surface area contributed by atoms with E-state index in [4.69, 9.17) is 9.47 Å². The second-order valence-corrected chi connectivity index (χ2v) is 4.47. The first kappa shape index (κ1) is 13.3. The molecule has 2 heterocycles. The molecule has 0 spiro atoms. The van der Waals surface area contributed by atoms with E-state index in [-0.39, 0.29) is 6.10 Å². The van der Waals surface area contributed by atoms with Crippen molar-refractivity contribution in [2.24, 2.45) is 7.05 Å². The Morgan fingerprint density at radius 3 is 3.11 bits per heavy atom. The lowest BCUT2D eigenvalue weighted by Crippen LogP contribution is -2.45. The van der Waals surface area contributed by atoms with Gasteiger partial charge in [-0.15, -0.1) is 0 Å². The van der Waals surface area contributed by atoms with Gasteiger partial charge in [-0.1, -0.05) is 6.92 Å². The molecule has 1 aliphatic heterocycles. The zero-order valence-corrected chi connectivity index (χ0v) is 11.2. The Morgan fingerprint density at radius 2 is 2.44 bits per heavy atom. The number of aromatic nitrogens is 2. The summed E-state index contributed by atoms with van der Waals surface area (Å²) in [4.78, 5) is 2.26. The van der Waals surface area contributed by atoms with Crippen LogP contribution in [-0.4, -0.2) is 59.2 Å². The van der Waals surface area contributed by atoms with Crippen LogP contribution in [0.4, 0.5) is 0 Å². The van der Waals surface area contributed by atoms with Gasteiger partial charge >= 0.3 is 0 Å². The third-order valence-electron chi connectivity index (χ3n) is 3.43. The molecule has 18 heavy (non-hydrogen) atoms. The number of aliphatic hydroxyl groups excluding tert-OH is 1. The number of likely N-dealkylation sites (N-methyl/N-ethyl adjacent to an activating group) is 1. The lowest BCUT2D eigenvalue weighted by atomic mass is 10.1. The minimum atomic E-state index is -0.721. The van der Waals surface area contributed by atoms with Gasteiger partial charge in [0.05, 0.1) is 19.9 Å². The monoisotopic (exact) mass is 255 g/mol. The van der Waals surface area contributed by atoms with E-state index in [1.165, 1.54) is 0 Å². The number of aliphatic hydroxyl groups is 1. The minimum Gasteiger partial charge on any atom is -0.493 e. The molecule has 0 radical (unpaired) electrons. The SMILES string of the molecule is CCN1CCOC(C(O)c2c(OC)cnn2C)C1. The lowest BCUT2D eigenvalue weighted by Gasteiger charge is -2.34. The quantitative estimate of drug-likeness (QED) is 0.832. The van der Waals surface area contributed by atoms with Crippen LogP contribution in [0.15, 0.2) is 6.20 Å². The predicted molar refractivity (Wildman–Crippen MR) is 66.6 cm³/mol. The molecule has 2 unspecified atom stereocenters. The molecular formula is C12H21N3O3. The van der Waals surface area contributed by atoms with Gasteiger partial charge in [0.1, 0.15) is 17.9 Å². The molecule has 102 valence electrons. The normalized spacial score (nSPS) is 23.0. The third-order valence-corrected chi connectivity index (χ3v) is 3.43. The van der Waals surface area contributed by atoms with Crippen molar-refractivity contribution < 1.29 is 14.6 Å². The van der Waals surface area contributed by atoms with Crippen LogP contribution >= 0.6 is 0 Å². The number of hydrogen-bond acceptors (Lipinski definition) is 5. The molecule has 1 aromatic rings. The second kappa shape index (κ2) is 5.69. The second-order valence-electron chi connectivity index (χ2n) is 4.47. The van der Waals surface area contributed by atoms with Crippen LogP contribution in [0, 0.1) is 0 Å². The molecule has 0 aliphatic carbocycles. The van der Waals surface area contributed by atoms with Gasteiger partial charge in [-0.2, -0.15) is 5.10 Å². The summed E-state index contributed by atoms with van der Waals surface area (Å²) in [5, 5.41) is 14.6. The van der Waals surface area contributed by atoms with Gasteiger partial charge in [0.2, 0.25) is 0 Å². The molecule has 1 N–H and O–H groups in total. The van der Waals surface area contributed by atoms with E-state index in [0.717, 1.165) is 19.6 Å². The van der Waals surface area contributed by atoms with Crippen molar-refractivity contribution >= 4 is 0 Å². The van der Waals surface area contributed by atoms with E-state index in [0.29, 0.717) is 18.1 Å². The summed E-state index contributed by atoms with van der Waals surface area (Å²) in [6.45, 7) is 5.37. The number of nitrogens with zero attached hydrogens (tertiary/aromatic N) is 3. The van der Waals surface area contributed by atoms with E-state index in [9.17, 15) is 5.11 Å². The van der Waals surface area contributed by atoms with Crippen molar-refractivity contribution in [2.45, 2.75) is 19.1 Å². The van der Waals surface area contributed by atoms with E-state index in [1.54, 1.807) is 25.0 Å². The predicted octanol–water partition coefficient (Wildman–Crippen LogP) is 0.183. The van der Waals surface area contributed by atoms with Crippen molar-refractivity contribution in [1.82, 2.24) is 14.7 Å². The number of hydrogen-bond donors (Lipinski definition) is 1. The largest absolute Gasteiger partial charge is 0.493 e. The molecule has 0 amide bonds. The van der Waals surface area contributed by atoms with Crippen LogP contribution < -0.4 is 4.74 Å². The molecule has 0 bridgehead atoms. The van der Waals surface area contributed by atoms with Crippen LogP contribution in [0.3, 0.4) is 0 Å². The van der Waals surface area contributed by atoms with Crippen LogP contribution in [0.5, 0.6) is 5.75 Å². The standard InChI is InChI=1S/C12H21N3O3/c1-4-15-5-6-18-10(8-15)12(16)11-9(17-3)7-13-14(11)2/h7,10,12,16H,4-6,8H2,1-3H3. The maximum absolute atomic E-state index is 10.4. The summed E-state index contributed by atoms with van der Waals surface area (Å²) in [7, 11) is 3.37. The molecule has 1 aliphatic rings. The Labute approximate surface area is 107 Å². The number of ether oxygens (including phenoxy) is 2. The Morgan fingerprint density at radius 1 is 1.67 bits per heavy atom. The summed E-state index contributed by atoms with van der Waals surface area (Å²) in [5.74, 6) is 0.599. The fourth-order valence-electron chi connectivity index (χ4n) is 2.31. The third kappa shape index (κ3) is 2.50. The smallest absolute Gasteiger partial charge is 0.162 e. The Balaban J connectivity index is 2.14. The van der Waals surface area contributed by atoms with Crippen molar-refractivity contribution in [3.05, 3.63) is 11.9 Å². The Kier molecular flexibility index (Phi) is 4.21. The van der Waals surface area contributed by atoms with E-state index in [1.807, 2.05) is 0 Å². The first-order valence-corrected chi connectivity index (χ1v) is 6.25. The fraction of sp³-hybridized carbons (Fsp3) is 0.750. The molecule has 0 aromatic carbocycles. The zero-order valence-electron chi connectivity index (χ0n) is 11.2. The number of morpholine rings is 1. The Hall–Kier alpha value is -1.11. The van der Waals surface area contributed by atoms with Gasteiger partial charge < -0.3 is 14.6 Å². The van der Waals surface area contributed by atoms with Gasteiger partial charge in [0.25, 0.3) is 0 Å². The first-order chi connectivity index (χ1) is 8.67. The molecule has 1 fully saturated rings. The number of methoxy groups -OCH3 is 1. The molecule has 2 rings (SSSR count). The molecule has 0 saturated carbocycles. The number of aryl methyl sites for hydroxylation is 1. The van der Waals surface area contributed by atoms with Crippen LogP contribution in [-0.2, 0) is 11.8 Å². The molecule has 2 atom stereocenters. The van der Waals surface area contributed by atoms with Crippen LogP contribution in [0.25, 0.3) is 0 Å². The highest BCUT2D eigenvalue weighted by Gasteiger charge is 2.31. The highest BCUT2D eigenvalue weighted by Crippen LogP contribution is 2.29. The summed E-state index contributed by atoms with van der Waals surface area (Å²) in [6.07, 6.45) is 0.656. The van der Waals surface area contributed by atoms with Crippen LogP contribution in [0.2, 0.25) is 0 Å². The molecular weight excluding hydrogens is 234 g/mol. The fourth-order valence-corrected chi connectivity index (χ4v) is 2.31. The van der Waals surface area contributed by atoms with Crippen molar-refractivity contribution in [2.75, 3.05) is 33.4 Å². The molecule has 1 aromatic heterocycles.